The number of hydrogen-bond donors (Lipinski definition) is 0. The number of hydrogen-bond acceptors (Lipinski definition) is 1. The van der Waals surface area contributed by atoms with Crippen molar-refractivity contribution in [3.05, 3.63) is 6.92 Å². The van der Waals surface area contributed by atoms with Crippen LogP contribution in [0, 0.1) is 6.92 Å². The molecule has 0 aliphatic rings. The third kappa shape index (κ3) is 11.1. The zero-order valence-electron chi connectivity index (χ0n) is 3.61. The van der Waals surface area contributed by atoms with E-state index in [0.717, 1.165) is 0 Å². The summed E-state index contributed by atoms with van der Waals surface area (Å²) in [4.78, 5) is 0. The zero-order chi connectivity index (χ0) is 4.83. The van der Waals surface area contributed by atoms with E-state index in [4.69, 9.17) is 16.3 Å². The van der Waals surface area contributed by atoms with E-state index in [-0.39, 0.29) is 29.6 Å². The molecule has 0 saturated carbocycles. The molecule has 0 saturated heterocycles. The van der Waals surface area contributed by atoms with E-state index in [1.54, 1.807) is 0 Å². The normalized spacial score (nSPS) is 7.71. The van der Waals surface area contributed by atoms with E-state index < -0.39 is 0 Å². The predicted octanol–water partition coefficient (Wildman–Crippen LogP) is 0.427. The standard InChI is InChI=1S/C4H8ClO.Na.H/c1-2-6-4-3-5;;/h1-4H2;;. The van der Waals surface area contributed by atoms with Gasteiger partial charge in [-0.2, -0.15) is 0 Å². The van der Waals surface area contributed by atoms with Gasteiger partial charge >= 0.3 is 29.6 Å². The van der Waals surface area contributed by atoms with E-state index in [9.17, 15) is 0 Å². The summed E-state index contributed by atoms with van der Waals surface area (Å²) in [5, 5.41) is 0. The molecule has 39 valence electrons. The summed E-state index contributed by atoms with van der Waals surface area (Å²) in [5.74, 6) is 0.565. The maximum absolute atomic E-state index is 5.23. The topological polar surface area (TPSA) is 9.23 Å². The Morgan fingerprint density at radius 3 is 2.29 bits per heavy atom. The molecule has 0 aromatic heterocycles. The summed E-state index contributed by atoms with van der Waals surface area (Å²) in [6.07, 6.45) is 0. The van der Waals surface area contributed by atoms with Gasteiger partial charge in [0.05, 0.1) is 6.61 Å². The van der Waals surface area contributed by atoms with Gasteiger partial charge < -0.3 is 4.74 Å². The maximum atomic E-state index is 5.23. The van der Waals surface area contributed by atoms with Crippen molar-refractivity contribution in [2.75, 3.05) is 19.1 Å². The Labute approximate surface area is 71.7 Å². The van der Waals surface area contributed by atoms with Gasteiger partial charge in [-0.15, -0.1) is 11.6 Å². The Morgan fingerprint density at radius 1 is 1.57 bits per heavy atom. The minimum atomic E-state index is 0. The molecule has 0 unspecified atom stereocenters. The average Bonchev–Trinajstić information content (AvgIpc) is 1.61. The van der Waals surface area contributed by atoms with Crippen LogP contribution < -0.4 is 0 Å². The Balaban J connectivity index is 0. The summed E-state index contributed by atoms with van der Waals surface area (Å²) in [6, 6.07) is 0. The number of halogens is 1. The second kappa shape index (κ2) is 10.3. The van der Waals surface area contributed by atoms with Gasteiger partial charge in [0, 0.05) is 12.5 Å². The molecular weight excluding hydrogens is 122 g/mol. The van der Waals surface area contributed by atoms with Crippen molar-refractivity contribution in [3.63, 3.8) is 0 Å². The van der Waals surface area contributed by atoms with Crippen LogP contribution in [-0.2, 0) is 4.74 Å². The van der Waals surface area contributed by atoms with Crippen molar-refractivity contribution >= 4 is 41.2 Å². The minimum absolute atomic E-state index is 0. The van der Waals surface area contributed by atoms with Crippen LogP contribution in [0.1, 0.15) is 0 Å². The summed E-state index contributed by atoms with van der Waals surface area (Å²) in [5.41, 5.74) is 0. The van der Waals surface area contributed by atoms with Gasteiger partial charge in [0.25, 0.3) is 0 Å². The molecule has 0 bridgehead atoms. The van der Waals surface area contributed by atoms with Gasteiger partial charge in [-0.05, 0) is 6.92 Å². The molecule has 0 aromatic carbocycles. The molecule has 1 nitrogen and oxygen atoms in total. The van der Waals surface area contributed by atoms with Crippen LogP contribution in [0.3, 0.4) is 0 Å². The summed E-state index contributed by atoms with van der Waals surface area (Å²) >= 11 is 5.23. The van der Waals surface area contributed by atoms with Gasteiger partial charge in [0.1, 0.15) is 0 Å². The second-order valence-corrected chi connectivity index (χ2v) is 1.18. The first-order chi connectivity index (χ1) is 2.91. The molecule has 0 amide bonds. The van der Waals surface area contributed by atoms with Crippen LogP contribution in [0.5, 0.6) is 0 Å². The molecule has 1 radical (unpaired) electrons. The van der Waals surface area contributed by atoms with Crippen molar-refractivity contribution < 1.29 is 4.74 Å². The van der Waals surface area contributed by atoms with E-state index in [0.29, 0.717) is 19.1 Å². The Kier molecular flexibility index (Phi) is 16.3. The molecule has 0 aliphatic heterocycles. The second-order valence-electron chi connectivity index (χ2n) is 0.801. The number of ether oxygens (including phenoxy) is 1. The first kappa shape index (κ1) is 11.1. The first-order valence-electron chi connectivity index (χ1n) is 1.84. The molecule has 3 heteroatoms. The Bertz CT molecular complexity index is 23.7. The molecule has 0 N–H and O–H groups in total. The van der Waals surface area contributed by atoms with Crippen molar-refractivity contribution in [1.82, 2.24) is 0 Å². The number of alkyl halides is 1. The van der Waals surface area contributed by atoms with Crippen molar-refractivity contribution in [1.29, 1.82) is 0 Å². The van der Waals surface area contributed by atoms with E-state index >= 15 is 0 Å². The third-order valence-corrected chi connectivity index (χ3v) is 0.520. The van der Waals surface area contributed by atoms with Crippen LogP contribution in [0.15, 0.2) is 0 Å². The van der Waals surface area contributed by atoms with Crippen LogP contribution in [-0.4, -0.2) is 48.7 Å². The number of rotatable bonds is 3. The molecule has 0 aromatic rings. The van der Waals surface area contributed by atoms with Crippen LogP contribution in [0.2, 0.25) is 0 Å². The molecule has 0 spiro atoms. The monoisotopic (exact) mass is 131 g/mol. The van der Waals surface area contributed by atoms with E-state index in [2.05, 4.69) is 6.92 Å². The fourth-order valence-electron chi connectivity index (χ4n) is 0.157. The zero-order valence-corrected chi connectivity index (χ0v) is 4.37. The van der Waals surface area contributed by atoms with E-state index in [1.165, 1.54) is 0 Å². The van der Waals surface area contributed by atoms with Crippen LogP contribution >= 0.6 is 11.6 Å². The first-order valence-corrected chi connectivity index (χ1v) is 2.38. The van der Waals surface area contributed by atoms with Gasteiger partial charge in [-0.1, -0.05) is 0 Å². The molecule has 0 aliphatic carbocycles. The molecule has 0 atom stereocenters. The Hall–Kier alpha value is 1.25. The van der Waals surface area contributed by atoms with Gasteiger partial charge in [0.2, 0.25) is 0 Å². The van der Waals surface area contributed by atoms with Crippen LogP contribution in [0.4, 0.5) is 0 Å². The van der Waals surface area contributed by atoms with Crippen LogP contribution in [0.25, 0.3) is 0 Å². The fraction of sp³-hybridized carbons (Fsp3) is 0.750. The molecular formula is C4H9ClNaO. The van der Waals surface area contributed by atoms with Crippen molar-refractivity contribution in [2.24, 2.45) is 0 Å². The fourth-order valence-corrected chi connectivity index (χ4v) is 0.266. The molecule has 0 fully saturated rings. The molecule has 0 heterocycles. The summed E-state index contributed by atoms with van der Waals surface area (Å²) in [7, 11) is 0. The molecule has 0 rings (SSSR count). The average molecular weight is 132 g/mol. The summed E-state index contributed by atoms with van der Waals surface area (Å²) in [6.45, 7) is 4.58. The predicted molar refractivity (Wildman–Crippen MR) is 34.0 cm³/mol. The Morgan fingerprint density at radius 2 is 2.14 bits per heavy atom. The van der Waals surface area contributed by atoms with E-state index in [1.807, 2.05) is 0 Å². The molecule has 7 heavy (non-hydrogen) atoms. The van der Waals surface area contributed by atoms with Crippen molar-refractivity contribution in [2.45, 2.75) is 0 Å². The summed E-state index contributed by atoms with van der Waals surface area (Å²) < 4.78 is 4.74. The quantitative estimate of drug-likeness (QED) is 0.307. The SMILES string of the molecule is [CH2]COCCCl.[NaH]. The van der Waals surface area contributed by atoms with Gasteiger partial charge in [-0.25, -0.2) is 0 Å². The van der Waals surface area contributed by atoms with Crippen molar-refractivity contribution in [3.8, 4) is 0 Å². The third-order valence-electron chi connectivity index (χ3n) is 0.366. The van der Waals surface area contributed by atoms with Gasteiger partial charge in [-0.3, -0.25) is 0 Å². The van der Waals surface area contributed by atoms with Gasteiger partial charge in [0.15, 0.2) is 0 Å².